The lowest BCUT2D eigenvalue weighted by Gasteiger charge is -2.19. The van der Waals surface area contributed by atoms with E-state index in [1.807, 2.05) is 17.5 Å². The van der Waals surface area contributed by atoms with E-state index in [1.165, 1.54) is 9.18 Å². The van der Waals surface area contributed by atoms with Crippen LogP contribution in [-0.2, 0) is 29.5 Å². The number of carbonyl (C=O) groups is 1. The van der Waals surface area contributed by atoms with Crippen LogP contribution in [0.5, 0.6) is 0 Å². The molecule has 1 atom stereocenters. The quantitative estimate of drug-likeness (QED) is 0.842. The Bertz CT molecular complexity index is 982. The molecule has 0 radical (unpaired) electrons. The van der Waals surface area contributed by atoms with E-state index in [-0.39, 0.29) is 5.91 Å². The van der Waals surface area contributed by atoms with Crippen molar-refractivity contribution in [2.24, 2.45) is 11.1 Å². The van der Waals surface area contributed by atoms with E-state index in [9.17, 15) is 13.2 Å². The summed E-state index contributed by atoms with van der Waals surface area (Å²) in [6, 6.07) is 5.34. The standard InChI is InChI=1S/C18H21N3O3S2/c1-11-2-5-14-15(10-25-17(14)8-11)18(22)20-13-4-3-12-6-7-21(16(12)9-13)26(19,23)24/h3-4,9-11H,2,5-8H2,1H3,(H,20,22)(H2,19,23,24)/t11-/m0/s1. The van der Waals surface area contributed by atoms with Crippen molar-refractivity contribution >= 4 is 38.8 Å². The zero-order chi connectivity index (χ0) is 18.5. The summed E-state index contributed by atoms with van der Waals surface area (Å²) >= 11 is 1.65. The molecule has 0 saturated heterocycles. The molecule has 26 heavy (non-hydrogen) atoms. The number of thiophene rings is 1. The van der Waals surface area contributed by atoms with Crippen molar-refractivity contribution in [3.05, 3.63) is 45.1 Å². The number of hydrogen-bond acceptors (Lipinski definition) is 4. The first-order chi connectivity index (χ1) is 12.3. The van der Waals surface area contributed by atoms with Crippen molar-refractivity contribution in [2.75, 3.05) is 16.2 Å². The summed E-state index contributed by atoms with van der Waals surface area (Å²) < 4.78 is 24.6. The molecule has 6 nitrogen and oxygen atoms in total. The molecule has 0 fully saturated rings. The number of nitrogens with two attached hydrogens (primary N) is 1. The fourth-order valence-corrected chi connectivity index (χ4v) is 5.79. The summed E-state index contributed by atoms with van der Waals surface area (Å²) in [6.07, 6.45) is 3.70. The number of rotatable bonds is 3. The number of anilines is 2. The highest BCUT2D eigenvalue weighted by molar-refractivity contribution is 7.90. The van der Waals surface area contributed by atoms with Gasteiger partial charge >= 0.3 is 0 Å². The lowest BCUT2D eigenvalue weighted by atomic mass is 9.88. The first-order valence-electron chi connectivity index (χ1n) is 8.67. The van der Waals surface area contributed by atoms with Crippen molar-refractivity contribution in [1.29, 1.82) is 0 Å². The Balaban J connectivity index is 1.58. The van der Waals surface area contributed by atoms with Gasteiger partial charge in [0, 0.05) is 22.5 Å². The molecule has 4 rings (SSSR count). The fraction of sp³-hybridized carbons (Fsp3) is 0.389. The molecule has 1 aliphatic carbocycles. The SMILES string of the molecule is C[C@H]1CCc2c(C(=O)Nc3ccc4c(c3)N(S(N)(=O)=O)CC4)csc2C1. The highest BCUT2D eigenvalue weighted by Crippen LogP contribution is 2.34. The largest absolute Gasteiger partial charge is 0.322 e. The van der Waals surface area contributed by atoms with Gasteiger partial charge in [-0.25, -0.2) is 5.14 Å². The fourth-order valence-electron chi connectivity index (χ4n) is 3.76. The minimum absolute atomic E-state index is 0.142. The van der Waals surface area contributed by atoms with Gasteiger partial charge in [0.15, 0.2) is 0 Å². The van der Waals surface area contributed by atoms with E-state index >= 15 is 0 Å². The zero-order valence-corrected chi connectivity index (χ0v) is 16.1. The summed E-state index contributed by atoms with van der Waals surface area (Å²) in [5.74, 6) is 0.523. The van der Waals surface area contributed by atoms with Crippen LogP contribution in [0.15, 0.2) is 23.6 Å². The Hall–Kier alpha value is -1.90. The predicted octanol–water partition coefficient (Wildman–Crippen LogP) is 2.69. The van der Waals surface area contributed by atoms with Crippen LogP contribution in [0.2, 0.25) is 0 Å². The average Bonchev–Trinajstić information content (AvgIpc) is 3.17. The average molecular weight is 392 g/mol. The van der Waals surface area contributed by atoms with E-state index in [2.05, 4.69) is 12.2 Å². The van der Waals surface area contributed by atoms with Crippen LogP contribution >= 0.6 is 11.3 Å². The van der Waals surface area contributed by atoms with Gasteiger partial charge in [-0.2, -0.15) is 8.42 Å². The van der Waals surface area contributed by atoms with Crippen molar-refractivity contribution in [1.82, 2.24) is 0 Å². The summed E-state index contributed by atoms with van der Waals surface area (Å²) in [6.45, 7) is 2.58. The Morgan fingerprint density at radius 2 is 2.15 bits per heavy atom. The molecule has 0 spiro atoms. The Morgan fingerprint density at radius 3 is 2.92 bits per heavy atom. The molecule has 1 aromatic heterocycles. The maximum atomic E-state index is 12.7. The molecule has 138 valence electrons. The third-order valence-electron chi connectivity index (χ3n) is 5.15. The molecule has 1 aromatic carbocycles. The number of hydrogen-bond donors (Lipinski definition) is 2. The topological polar surface area (TPSA) is 92.5 Å². The molecular weight excluding hydrogens is 370 g/mol. The Kier molecular flexibility index (Phi) is 4.29. The van der Waals surface area contributed by atoms with E-state index < -0.39 is 10.2 Å². The Labute approximate surface area is 157 Å². The predicted molar refractivity (Wildman–Crippen MR) is 104 cm³/mol. The summed E-state index contributed by atoms with van der Waals surface area (Å²) in [5, 5.41) is 10.1. The van der Waals surface area contributed by atoms with Crippen molar-refractivity contribution in [2.45, 2.75) is 32.6 Å². The summed E-state index contributed by atoms with van der Waals surface area (Å²) in [7, 11) is -3.80. The van der Waals surface area contributed by atoms with E-state index in [1.54, 1.807) is 17.4 Å². The molecule has 0 bridgehead atoms. The third kappa shape index (κ3) is 3.13. The molecule has 2 heterocycles. The number of carbonyl (C=O) groups excluding carboxylic acids is 1. The zero-order valence-electron chi connectivity index (χ0n) is 14.5. The molecule has 0 unspecified atom stereocenters. The molecule has 1 amide bonds. The smallest absolute Gasteiger partial charge is 0.299 e. The van der Waals surface area contributed by atoms with Crippen LogP contribution in [0.3, 0.4) is 0 Å². The number of benzene rings is 1. The van der Waals surface area contributed by atoms with Gasteiger partial charge in [0.05, 0.1) is 11.3 Å². The van der Waals surface area contributed by atoms with Crippen LogP contribution in [0.25, 0.3) is 0 Å². The molecule has 1 aliphatic heterocycles. The Morgan fingerprint density at radius 1 is 1.35 bits per heavy atom. The van der Waals surface area contributed by atoms with E-state index in [0.29, 0.717) is 30.3 Å². The van der Waals surface area contributed by atoms with Crippen LogP contribution in [0, 0.1) is 5.92 Å². The molecular formula is C18H21N3O3S2. The van der Waals surface area contributed by atoms with Crippen LogP contribution < -0.4 is 14.8 Å². The van der Waals surface area contributed by atoms with Gasteiger partial charge in [-0.15, -0.1) is 11.3 Å². The second-order valence-electron chi connectivity index (χ2n) is 7.06. The number of nitrogens with one attached hydrogen (secondary N) is 1. The van der Waals surface area contributed by atoms with Crippen molar-refractivity contribution in [3.63, 3.8) is 0 Å². The second-order valence-corrected chi connectivity index (χ2v) is 9.50. The van der Waals surface area contributed by atoms with Crippen LogP contribution in [-0.4, -0.2) is 20.9 Å². The minimum Gasteiger partial charge on any atom is -0.322 e. The first-order valence-corrected chi connectivity index (χ1v) is 11.0. The highest BCUT2D eigenvalue weighted by Gasteiger charge is 2.27. The maximum Gasteiger partial charge on any atom is 0.299 e. The van der Waals surface area contributed by atoms with Crippen molar-refractivity contribution in [3.8, 4) is 0 Å². The van der Waals surface area contributed by atoms with Gasteiger partial charge in [0.1, 0.15) is 0 Å². The summed E-state index contributed by atoms with van der Waals surface area (Å²) in [5.41, 5.74) is 3.94. The number of nitrogens with zero attached hydrogens (tertiary/aromatic N) is 1. The lowest BCUT2D eigenvalue weighted by molar-refractivity contribution is 0.102. The first kappa shape index (κ1) is 17.5. The maximum absolute atomic E-state index is 12.7. The third-order valence-corrected chi connectivity index (χ3v) is 7.19. The second kappa shape index (κ2) is 6.37. The monoisotopic (exact) mass is 391 g/mol. The van der Waals surface area contributed by atoms with E-state index in [0.717, 1.165) is 36.0 Å². The number of amides is 1. The molecule has 0 saturated carbocycles. The molecule has 2 aromatic rings. The highest BCUT2D eigenvalue weighted by atomic mass is 32.2. The normalized spacial score (nSPS) is 19.2. The van der Waals surface area contributed by atoms with Crippen molar-refractivity contribution < 1.29 is 13.2 Å². The van der Waals surface area contributed by atoms with Gasteiger partial charge in [-0.05, 0) is 54.9 Å². The molecule has 8 heteroatoms. The molecule has 2 aliphatic rings. The van der Waals surface area contributed by atoms with Gasteiger partial charge in [0.2, 0.25) is 0 Å². The van der Waals surface area contributed by atoms with Crippen LogP contribution in [0.4, 0.5) is 11.4 Å². The number of fused-ring (bicyclic) bond motifs is 2. The molecule has 3 N–H and O–H groups in total. The van der Waals surface area contributed by atoms with Gasteiger partial charge in [-0.3, -0.25) is 9.10 Å². The summed E-state index contributed by atoms with van der Waals surface area (Å²) in [4.78, 5) is 14.1. The van der Waals surface area contributed by atoms with Gasteiger partial charge < -0.3 is 5.32 Å². The lowest BCUT2D eigenvalue weighted by Crippen LogP contribution is -2.35. The van der Waals surface area contributed by atoms with E-state index in [4.69, 9.17) is 5.14 Å². The minimum atomic E-state index is -3.80. The van der Waals surface area contributed by atoms with Gasteiger partial charge in [0.25, 0.3) is 16.1 Å². The van der Waals surface area contributed by atoms with Gasteiger partial charge in [-0.1, -0.05) is 13.0 Å². The van der Waals surface area contributed by atoms with Crippen LogP contribution in [0.1, 0.15) is 39.7 Å².